The van der Waals surface area contributed by atoms with Gasteiger partial charge in [-0.3, -0.25) is 10.1 Å². The van der Waals surface area contributed by atoms with Gasteiger partial charge >= 0.3 is 0 Å². The number of hydrogen-bond acceptors (Lipinski definition) is 4. The summed E-state index contributed by atoms with van der Waals surface area (Å²) in [6.45, 7) is 2.08. The van der Waals surface area contributed by atoms with Crippen molar-refractivity contribution in [3.8, 4) is 10.6 Å². The Kier molecular flexibility index (Phi) is 2.96. The first kappa shape index (κ1) is 10.8. The molecule has 0 amide bonds. The van der Waals surface area contributed by atoms with Crippen LogP contribution in [0.25, 0.3) is 10.6 Å². The van der Waals surface area contributed by atoms with Crippen LogP contribution in [0, 0.1) is 10.1 Å². The van der Waals surface area contributed by atoms with Crippen molar-refractivity contribution in [2.45, 2.75) is 13.3 Å². The zero-order valence-corrected chi connectivity index (χ0v) is 9.53. The molecule has 0 spiro atoms. The van der Waals surface area contributed by atoms with Crippen molar-refractivity contribution >= 4 is 17.0 Å². The topological polar surface area (TPSA) is 56.0 Å². The lowest BCUT2D eigenvalue weighted by atomic mass is 10.2. The summed E-state index contributed by atoms with van der Waals surface area (Å²) in [6.07, 6.45) is 2.81. The summed E-state index contributed by atoms with van der Waals surface area (Å²) >= 11 is 1.62. The standard InChI is InChI=1S/C11H10N2O2S/c1-2-10-7-12-11(16-10)8-3-5-9(6-4-8)13(14)15/h3-7H,2H2,1H3. The summed E-state index contributed by atoms with van der Waals surface area (Å²) in [4.78, 5) is 15.6. The predicted octanol–water partition coefficient (Wildman–Crippen LogP) is 3.28. The second kappa shape index (κ2) is 4.40. The number of hydrogen-bond donors (Lipinski definition) is 0. The summed E-state index contributed by atoms with van der Waals surface area (Å²) in [7, 11) is 0. The van der Waals surface area contributed by atoms with Gasteiger partial charge in [0.15, 0.2) is 0 Å². The number of aryl methyl sites for hydroxylation is 1. The molecule has 2 rings (SSSR count). The van der Waals surface area contributed by atoms with Crippen LogP contribution in [-0.2, 0) is 6.42 Å². The van der Waals surface area contributed by atoms with Crippen LogP contribution in [-0.4, -0.2) is 9.91 Å². The van der Waals surface area contributed by atoms with Gasteiger partial charge in [-0.1, -0.05) is 6.92 Å². The second-order valence-electron chi connectivity index (χ2n) is 3.29. The summed E-state index contributed by atoms with van der Waals surface area (Å²) < 4.78 is 0. The largest absolute Gasteiger partial charge is 0.269 e. The van der Waals surface area contributed by atoms with E-state index >= 15 is 0 Å². The lowest BCUT2D eigenvalue weighted by molar-refractivity contribution is -0.384. The maximum absolute atomic E-state index is 10.5. The Hall–Kier alpha value is -1.75. The average molecular weight is 234 g/mol. The first-order valence-electron chi connectivity index (χ1n) is 4.90. The number of rotatable bonds is 3. The van der Waals surface area contributed by atoms with E-state index in [4.69, 9.17) is 0 Å². The Morgan fingerprint density at radius 3 is 2.56 bits per heavy atom. The number of nitrogens with zero attached hydrogens (tertiary/aromatic N) is 2. The van der Waals surface area contributed by atoms with Gasteiger partial charge in [-0.15, -0.1) is 11.3 Å². The maximum Gasteiger partial charge on any atom is 0.269 e. The Morgan fingerprint density at radius 2 is 2.06 bits per heavy atom. The smallest absolute Gasteiger partial charge is 0.258 e. The minimum absolute atomic E-state index is 0.107. The molecule has 1 aromatic heterocycles. The van der Waals surface area contributed by atoms with Crippen molar-refractivity contribution in [2.24, 2.45) is 0 Å². The molecule has 0 saturated carbocycles. The molecule has 1 heterocycles. The average Bonchev–Trinajstić information content (AvgIpc) is 2.77. The van der Waals surface area contributed by atoms with Gasteiger partial charge in [-0.25, -0.2) is 4.98 Å². The van der Waals surface area contributed by atoms with Crippen molar-refractivity contribution in [2.75, 3.05) is 0 Å². The molecule has 0 fully saturated rings. The molecule has 0 aliphatic carbocycles. The van der Waals surface area contributed by atoms with Gasteiger partial charge in [0.05, 0.1) is 4.92 Å². The lowest BCUT2D eigenvalue weighted by Gasteiger charge is -1.95. The van der Waals surface area contributed by atoms with Crippen molar-refractivity contribution in [1.29, 1.82) is 0 Å². The van der Waals surface area contributed by atoms with E-state index in [1.165, 1.54) is 17.0 Å². The molecule has 5 heteroatoms. The third kappa shape index (κ3) is 2.09. The van der Waals surface area contributed by atoms with Crippen LogP contribution in [0.15, 0.2) is 30.5 Å². The highest BCUT2D eigenvalue weighted by Gasteiger charge is 2.07. The Labute approximate surface area is 96.7 Å². The van der Waals surface area contributed by atoms with Crippen molar-refractivity contribution in [1.82, 2.24) is 4.98 Å². The van der Waals surface area contributed by atoms with Gasteiger partial charge in [0.1, 0.15) is 5.01 Å². The van der Waals surface area contributed by atoms with Crippen LogP contribution in [0.3, 0.4) is 0 Å². The molecule has 0 aliphatic heterocycles. The molecule has 0 radical (unpaired) electrons. The van der Waals surface area contributed by atoms with Crippen molar-refractivity contribution in [3.63, 3.8) is 0 Å². The van der Waals surface area contributed by atoms with Crippen LogP contribution in [0.2, 0.25) is 0 Å². The quantitative estimate of drug-likeness (QED) is 0.605. The minimum atomic E-state index is -0.400. The van der Waals surface area contributed by atoms with Gasteiger partial charge in [0.2, 0.25) is 0 Å². The van der Waals surface area contributed by atoms with E-state index in [9.17, 15) is 10.1 Å². The van der Waals surface area contributed by atoms with Crippen LogP contribution in [0.5, 0.6) is 0 Å². The monoisotopic (exact) mass is 234 g/mol. The van der Waals surface area contributed by atoms with Gasteiger partial charge in [0.25, 0.3) is 5.69 Å². The first-order valence-corrected chi connectivity index (χ1v) is 5.72. The SMILES string of the molecule is CCc1cnc(-c2ccc([N+](=O)[O-])cc2)s1. The van der Waals surface area contributed by atoms with Crippen molar-refractivity contribution in [3.05, 3.63) is 45.5 Å². The maximum atomic E-state index is 10.5. The molecule has 2 aromatic rings. The van der Waals surface area contributed by atoms with E-state index in [-0.39, 0.29) is 5.69 Å². The summed E-state index contributed by atoms with van der Waals surface area (Å²) in [5, 5.41) is 11.4. The number of aromatic nitrogens is 1. The fourth-order valence-electron chi connectivity index (χ4n) is 1.33. The van der Waals surface area contributed by atoms with E-state index in [2.05, 4.69) is 11.9 Å². The predicted molar refractivity (Wildman–Crippen MR) is 63.6 cm³/mol. The number of thiazole rings is 1. The van der Waals surface area contributed by atoms with Crippen LogP contribution < -0.4 is 0 Å². The third-order valence-corrected chi connectivity index (χ3v) is 3.42. The normalized spacial score (nSPS) is 10.3. The highest BCUT2D eigenvalue weighted by Crippen LogP contribution is 2.26. The molecule has 4 nitrogen and oxygen atoms in total. The van der Waals surface area contributed by atoms with Gasteiger partial charge < -0.3 is 0 Å². The van der Waals surface area contributed by atoms with Crippen LogP contribution >= 0.6 is 11.3 Å². The zero-order chi connectivity index (χ0) is 11.5. The van der Waals surface area contributed by atoms with E-state index in [1.807, 2.05) is 6.20 Å². The van der Waals surface area contributed by atoms with Crippen molar-refractivity contribution < 1.29 is 4.92 Å². The Balaban J connectivity index is 2.30. The first-order chi connectivity index (χ1) is 7.70. The molecule has 0 saturated heterocycles. The fourth-order valence-corrected chi connectivity index (χ4v) is 2.19. The van der Waals surface area contributed by atoms with E-state index < -0.39 is 4.92 Å². The number of non-ortho nitro benzene ring substituents is 1. The van der Waals surface area contributed by atoms with Crippen LogP contribution in [0.4, 0.5) is 5.69 Å². The van der Waals surface area contributed by atoms with Gasteiger partial charge in [-0.2, -0.15) is 0 Å². The lowest BCUT2D eigenvalue weighted by Crippen LogP contribution is -1.86. The molecule has 0 bridgehead atoms. The third-order valence-electron chi connectivity index (χ3n) is 2.23. The van der Waals surface area contributed by atoms with E-state index in [0.29, 0.717) is 0 Å². The Morgan fingerprint density at radius 1 is 1.38 bits per heavy atom. The molecule has 0 atom stereocenters. The fraction of sp³-hybridized carbons (Fsp3) is 0.182. The second-order valence-corrected chi connectivity index (χ2v) is 4.40. The highest BCUT2D eigenvalue weighted by atomic mass is 32.1. The number of nitro groups is 1. The minimum Gasteiger partial charge on any atom is -0.258 e. The number of benzene rings is 1. The molecule has 1 aromatic carbocycles. The van der Waals surface area contributed by atoms with Gasteiger partial charge in [0, 0.05) is 28.8 Å². The van der Waals surface area contributed by atoms with Crippen LogP contribution in [0.1, 0.15) is 11.8 Å². The van der Waals surface area contributed by atoms with Gasteiger partial charge in [-0.05, 0) is 18.6 Å². The molecule has 16 heavy (non-hydrogen) atoms. The summed E-state index contributed by atoms with van der Waals surface area (Å²) in [6, 6.07) is 6.47. The molecule has 0 aliphatic rings. The molecular weight excluding hydrogens is 224 g/mol. The summed E-state index contributed by atoms with van der Waals surface area (Å²) in [5.41, 5.74) is 1.03. The summed E-state index contributed by atoms with van der Waals surface area (Å²) in [5.74, 6) is 0. The van der Waals surface area contributed by atoms with E-state index in [0.717, 1.165) is 17.0 Å². The zero-order valence-electron chi connectivity index (χ0n) is 8.71. The highest BCUT2D eigenvalue weighted by molar-refractivity contribution is 7.15. The molecule has 0 unspecified atom stereocenters. The number of nitro benzene ring substituents is 1. The molecule has 0 N–H and O–H groups in total. The molecular formula is C11H10N2O2S. The molecule has 82 valence electrons. The Bertz CT molecular complexity index is 505. The van der Waals surface area contributed by atoms with E-state index in [1.54, 1.807) is 23.5 Å².